The van der Waals surface area contributed by atoms with Gasteiger partial charge in [-0.2, -0.15) is 0 Å². The molecular weight excluding hydrogens is 520 g/mol. The van der Waals surface area contributed by atoms with Crippen LogP contribution in [0.3, 0.4) is 0 Å². The van der Waals surface area contributed by atoms with E-state index in [0.29, 0.717) is 35.3 Å². The zero-order chi connectivity index (χ0) is 27.0. The molecule has 39 heavy (non-hydrogen) atoms. The molecule has 0 radical (unpaired) electrons. The minimum atomic E-state index is -3.28. The summed E-state index contributed by atoms with van der Waals surface area (Å²) >= 11 is 0. The Labute approximate surface area is 225 Å². The molecule has 0 bridgehead atoms. The molecule has 1 unspecified atom stereocenters. The predicted molar refractivity (Wildman–Crippen MR) is 143 cm³/mol. The van der Waals surface area contributed by atoms with Crippen LogP contribution >= 0.6 is 0 Å². The van der Waals surface area contributed by atoms with Gasteiger partial charge in [0.05, 0.1) is 33.7 Å². The van der Waals surface area contributed by atoms with Crippen molar-refractivity contribution in [2.75, 3.05) is 13.2 Å². The van der Waals surface area contributed by atoms with E-state index in [4.69, 9.17) is 19.3 Å². The van der Waals surface area contributed by atoms with Crippen molar-refractivity contribution in [1.29, 1.82) is 0 Å². The molecule has 4 aromatic rings. The van der Waals surface area contributed by atoms with E-state index < -0.39 is 21.9 Å². The minimum Gasteiger partial charge on any atom is -0.478 e. The van der Waals surface area contributed by atoms with E-state index in [9.17, 15) is 13.2 Å². The van der Waals surface area contributed by atoms with Gasteiger partial charge < -0.3 is 24.3 Å². The molecule has 1 aliphatic heterocycles. The molecule has 6 rings (SSSR count). The smallest absolute Gasteiger partial charge is 0.335 e. The van der Waals surface area contributed by atoms with Crippen LogP contribution in [0.15, 0.2) is 71.8 Å². The van der Waals surface area contributed by atoms with Crippen molar-refractivity contribution in [2.45, 2.75) is 48.0 Å². The van der Waals surface area contributed by atoms with Gasteiger partial charge in [-0.1, -0.05) is 12.1 Å². The monoisotopic (exact) mass is 548 g/mol. The van der Waals surface area contributed by atoms with Crippen LogP contribution in [0.25, 0.3) is 11.0 Å². The van der Waals surface area contributed by atoms with Crippen molar-refractivity contribution < 1.29 is 32.5 Å². The molecule has 202 valence electrons. The number of aromatic amines is 1. The molecule has 2 N–H and O–H groups in total. The second-order valence-electron chi connectivity index (χ2n) is 9.91. The van der Waals surface area contributed by atoms with Gasteiger partial charge in [-0.05, 0) is 79.8 Å². The number of fused-ring (bicyclic) bond motifs is 1. The molecular formula is C29H28N2O7S. The van der Waals surface area contributed by atoms with E-state index >= 15 is 0 Å². The van der Waals surface area contributed by atoms with Gasteiger partial charge >= 0.3 is 5.97 Å². The third kappa shape index (κ3) is 5.54. The summed E-state index contributed by atoms with van der Waals surface area (Å²) in [6.07, 6.45) is 4.16. The van der Waals surface area contributed by atoms with Crippen LogP contribution in [0.1, 0.15) is 53.4 Å². The number of aromatic carboxylic acids is 1. The number of carbonyl (C=O) groups is 1. The number of pyridine rings is 1. The Morgan fingerprint density at radius 1 is 0.974 bits per heavy atom. The molecule has 10 heteroatoms. The maximum atomic E-state index is 12.7. The summed E-state index contributed by atoms with van der Waals surface area (Å²) in [4.78, 5) is 19.3. The second kappa shape index (κ2) is 10.4. The molecule has 2 aliphatic rings. The largest absolute Gasteiger partial charge is 0.478 e. The summed E-state index contributed by atoms with van der Waals surface area (Å²) in [5, 5.41) is 9.65. The average Bonchev–Trinajstić information content (AvgIpc) is 3.73. The first-order valence-corrected chi connectivity index (χ1v) is 14.5. The Kier molecular flexibility index (Phi) is 6.84. The quantitative estimate of drug-likeness (QED) is 0.289. The van der Waals surface area contributed by atoms with Crippen molar-refractivity contribution in [3.63, 3.8) is 0 Å². The molecule has 0 amide bonds. The van der Waals surface area contributed by atoms with Gasteiger partial charge in [0.1, 0.15) is 23.3 Å². The summed E-state index contributed by atoms with van der Waals surface area (Å²) in [6.45, 7) is 1.27. The maximum Gasteiger partial charge on any atom is 0.335 e. The standard InChI is InChI=1S/C29H28N2O7S/c32-29(33)19-1-5-21(6-2-19)37-23-15-20-16-26(31-28(20)30-17-23)27(38-22-11-13-36-14-12-22)18-3-7-24(8-4-18)39(34,35)25-9-10-25/h1-8,15-17,22,25,27H,9-14H2,(H,30,31)(H,32,33). The minimum absolute atomic E-state index is 0.00524. The summed E-state index contributed by atoms with van der Waals surface area (Å²) < 4.78 is 43.3. The van der Waals surface area contributed by atoms with Gasteiger partial charge in [-0.3, -0.25) is 0 Å². The molecule has 2 aromatic carbocycles. The van der Waals surface area contributed by atoms with E-state index in [-0.39, 0.29) is 16.9 Å². The zero-order valence-electron chi connectivity index (χ0n) is 21.1. The Bertz CT molecular complexity index is 1590. The number of nitrogens with one attached hydrogen (secondary N) is 1. The number of benzene rings is 2. The molecule has 1 aliphatic carbocycles. The van der Waals surface area contributed by atoms with Crippen LogP contribution in [0.5, 0.6) is 11.5 Å². The average molecular weight is 549 g/mol. The SMILES string of the molecule is O=C(O)c1ccc(Oc2cnc3[nH]c(C(OC4CCOCC4)c4ccc(S(=O)(=O)C5CC5)cc4)cc3c2)cc1. The zero-order valence-corrected chi connectivity index (χ0v) is 21.9. The van der Waals surface area contributed by atoms with Crippen LogP contribution in [0.4, 0.5) is 0 Å². The number of H-pyrrole nitrogens is 1. The summed E-state index contributed by atoms with van der Waals surface area (Å²) in [5.74, 6) is 0.00715. The van der Waals surface area contributed by atoms with Gasteiger partial charge in [0.15, 0.2) is 9.84 Å². The van der Waals surface area contributed by atoms with Crippen molar-refractivity contribution in [3.8, 4) is 11.5 Å². The number of nitrogens with zero attached hydrogens (tertiary/aromatic N) is 1. The van der Waals surface area contributed by atoms with Gasteiger partial charge in [-0.25, -0.2) is 18.2 Å². The second-order valence-corrected chi connectivity index (χ2v) is 12.1. The lowest BCUT2D eigenvalue weighted by molar-refractivity contribution is -0.0577. The van der Waals surface area contributed by atoms with Gasteiger partial charge in [0.2, 0.25) is 0 Å². The predicted octanol–water partition coefficient (Wildman–Crippen LogP) is 5.27. The molecule has 0 spiro atoms. The van der Waals surface area contributed by atoms with Crippen molar-refractivity contribution in [2.24, 2.45) is 0 Å². The van der Waals surface area contributed by atoms with Gasteiger partial charge in [-0.15, -0.1) is 0 Å². The van der Waals surface area contributed by atoms with E-state index in [2.05, 4.69) is 9.97 Å². The van der Waals surface area contributed by atoms with E-state index in [1.807, 2.05) is 24.3 Å². The first-order valence-electron chi connectivity index (χ1n) is 12.9. The fourth-order valence-corrected chi connectivity index (χ4v) is 6.41. The molecule has 9 nitrogen and oxygen atoms in total. The molecule has 1 saturated heterocycles. The van der Waals surface area contributed by atoms with E-state index in [0.717, 1.165) is 42.3 Å². The highest BCUT2D eigenvalue weighted by atomic mass is 32.2. The van der Waals surface area contributed by atoms with Crippen molar-refractivity contribution in [1.82, 2.24) is 9.97 Å². The van der Waals surface area contributed by atoms with Gasteiger partial charge in [0, 0.05) is 18.6 Å². The lowest BCUT2D eigenvalue weighted by Crippen LogP contribution is -2.25. The van der Waals surface area contributed by atoms with Crippen LogP contribution in [0, 0.1) is 0 Å². The van der Waals surface area contributed by atoms with Crippen molar-refractivity contribution in [3.05, 3.63) is 83.7 Å². The Balaban J connectivity index is 1.28. The number of hydrogen-bond donors (Lipinski definition) is 2. The fraction of sp³-hybridized carbons (Fsp3) is 0.310. The van der Waals surface area contributed by atoms with Crippen LogP contribution < -0.4 is 4.74 Å². The lowest BCUT2D eigenvalue weighted by atomic mass is 10.0. The Hall–Kier alpha value is -3.73. The number of rotatable bonds is 9. The van der Waals surface area contributed by atoms with Crippen molar-refractivity contribution >= 4 is 26.8 Å². The molecule has 2 aromatic heterocycles. The Morgan fingerprint density at radius 2 is 1.69 bits per heavy atom. The topological polar surface area (TPSA) is 128 Å². The maximum absolute atomic E-state index is 12.7. The lowest BCUT2D eigenvalue weighted by Gasteiger charge is -2.27. The molecule has 1 saturated carbocycles. The molecule has 2 fully saturated rings. The number of ether oxygens (including phenoxy) is 3. The van der Waals surface area contributed by atoms with E-state index in [1.165, 1.54) is 12.1 Å². The number of aromatic nitrogens is 2. The third-order valence-corrected chi connectivity index (χ3v) is 9.34. The molecule has 1 atom stereocenters. The molecule has 3 heterocycles. The number of carboxylic acid groups (broad SMARTS) is 1. The van der Waals surface area contributed by atoms with Crippen LogP contribution in [-0.4, -0.2) is 54.0 Å². The summed E-state index contributed by atoms with van der Waals surface area (Å²) in [6, 6.07) is 17.0. The highest BCUT2D eigenvalue weighted by Crippen LogP contribution is 2.36. The highest BCUT2D eigenvalue weighted by molar-refractivity contribution is 7.92. The summed E-state index contributed by atoms with van der Waals surface area (Å²) in [5.41, 5.74) is 2.48. The van der Waals surface area contributed by atoms with E-state index in [1.54, 1.807) is 30.5 Å². The normalized spacial score (nSPS) is 17.2. The van der Waals surface area contributed by atoms with Crippen LogP contribution in [-0.2, 0) is 19.3 Å². The van der Waals surface area contributed by atoms with Gasteiger partial charge in [0.25, 0.3) is 0 Å². The third-order valence-electron chi connectivity index (χ3n) is 7.06. The number of sulfone groups is 1. The highest BCUT2D eigenvalue weighted by Gasteiger charge is 2.37. The number of carboxylic acids is 1. The Morgan fingerprint density at radius 3 is 2.36 bits per heavy atom. The van der Waals surface area contributed by atoms with Crippen LogP contribution in [0.2, 0.25) is 0 Å². The first kappa shape index (κ1) is 25.5. The first-order chi connectivity index (χ1) is 18.9. The fourth-order valence-electron chi connectivity index (χ4n) is 4.75. The summed E-state index contributed by atoms with van der Waals surface area (Å²) in [7, 11) is -3.28. The number of hydrogen-bond acceptors (Lipinski definition) is 7.